The first-order chi connectivity index (χ1) is 18.8. The molecule has 0 aromatic carbocycles. The molecule has 0 unspecified atom stereocenters. The summed E-state index contributed by atoms with van der Waals surface area (Å²) in [5, 5.41) is 3.61. The molecule has 0 aromatic heterocycles. The third-order valence-corrected chi connectivity index (χ3v) is 4.31. The average molecular weight is 560 g/mol. The molecule has 224 valence electrons. The second-order valence-corrected chi connectivity index (χ2v) is 7.92. The Morgan fingerprint density at radius 2 is 1.33 bits per heavy atom. The van der Waals surface area contributed by atoms with Crippen LogP contribution in [0.25, 0.3) is 0 Å². The summed E-state index contributed by atoms with van der Waals surface area (Å²) in [6.45, 7) is 7.48. The normalized spacial score (nSPS) is 10.5. The van der Waals surface area contributed by atoms with Crippen molar-refractivity contribution in [1.82, 2.24) is 15.3 Å². The van der Waals surface area contributed by atoms with E-state index in [0.717, 1.165) is 11.6 Å². The van der Waals surface area contributed by atoms with Gasteiger partial charge in [-0.05, 0) is 20.2 Å². The summed E-state index contributed by atoms with van der Waals surface area (Å²) in [5.41, 5.74) is 0. The van der Waals surface area contributed by atoms with Gasteiger partial charge in [-0.1, -0.05) is 18.7 Å². The van der Waals surface area contributed by atoms with Crippen LogP contribution in [0.15, 0.2) is 24.8 Å². The molecule has 0 saturated heterocycles. The van der Waals surface area contributed by atoms with Crippen LogP contribution in [-0.2, 0) is 47.8 Å². The van der Waals surface area contributed by atoms with Crippen LogP contribution >= 0.6 is 0 Å². The van der Waals surface area contributed by atoms with Gasteiger partial charge in [0.1, 0.15) is 12.6 Å². The lowest BCUT2D eigenvalue weighted by Crippen LogP contribution is -2.30. The number of carbonyl (C=O) groups is 5. The third-order valence-electron chi connectivity index (χ3n) is 4.31. The summed E-state index contributed by atoms with van der Waals surface area (Å²) in [4.78, 5) is 61.0. The Bertz CT molecular complexity index is 691. The number of allylic oxidation sites excluding steroid dienone is 3. The Hall–Kier alpha value is -2.97. The van der Waals surface area contributed by atoms with E-state index in [4.69, 9.17) is 23.8 Å². The molecule has 0 heterocycles. The number of rotatable bonds is 23. The van der Waals surface area contributed by atoms with Crippen molar-refractivity contribution in [3.63, 3.8) is 0 Å². The lowest BCUT2D eigenvalue weighted by atomic mass is 10.3. The number of amides is 2. The topological polar surface area (TPSA) is 150 Å². The van der Waals surface area contributed by atoms with Crippen LogP contribution in [0.1, 0.15) is 25.7 Å². The number of carbonyl (C=O) groups excluding carboxylic acids is 5. The van der Waals surface area contributed by atoms with E-state index in [0.29, 0.717) is 71.8 Å². The van der Waals surface area contributed by atoms with Crippen molar-refractivity contribution in [3.05, 3.63) is 24.8 Å². The van der Waals surface area contributed by atoms with Crippen molar-refractivity contribution in [1.29, 1.82) is 0 Å². The van der Waals surface area contributed by atoms with Crippen LogP contribution in [0.2, 0.25) is 0 Å². The van der Waals surface area contributed by atoms with Gasteiger partial charge in [0, 0.05) is 39.4 Å². The van der Waals surface area contributed by atoms with E-state index in [-0.39, 0.29) is 31.8 Å². The highest BCUT2D eigenvalue weighted by Crippen LogP contribution is 1.98. The van der Waals surface area contributed by atoms with Crippen LogP contribution in [0.3, 0.4) is 0 Å². The summed E-state index contributed by atoms with van der Waals surface area (Å²) in [5.74, 6) is -1.03. The van der Waals surface area contributed by atoms with Crippen molar-refractivity contribution in [2.45, 2.75) is 25.7 Å². The van der Waals surface area contributed by atoms with E-state index in [1.165, 1.54) is 13.1 Å². The molecule has 0 fully saturated rings. The predicted octanol–water partition coefficient (Wildman–Crippen LogP) is 0.334. The van der Waals surface area contributed by atoms with Crippen LogP contribution < -0.4 is 5.32 Å². The Labute approximate surface area is 231 Å². The van der Waals surface area contributed by atoms with Crippen LogP contribution in [0.4, 0.5) is 0 Å². The minimum Gasteiger partial charge on any atom is -0.378 e. The second kappa shape index (κ2) is 29.6. The fraction of sp³-hybridized carbons (Fsp3) is 0.654. The van der Waals surface area contributed by atoms with E-state index in [9.17, 15) is 24.0 Å². The van der Waals surface area contributed by atoms with E-state index < -0.39 is 11.9 Å². The van der Waals surface area contributed by atoms with Gasteiger partial charge in [0.15, 0.2) is 0 Å². The summed E-state index contributed by atoms with van der Waals surface area (Å²) in [7, 11) is 5.16. The van der Waals surface area contributed by atoms with Gasteiger partial charge >= 0.3 is 5.97 Å². The van der Waals surface area contributed by atoms with Crippen molar-refractivity contribution in [2.75, 3.05) is 87.1 Å². The zero-order valence-electron chi connectivity index (χ0n) is 23.5. The van der Waals surface area contributed by atoms with Crippen molar-refractivity contribution in [2.24, 2.45) is 0 Å². The Kier molecular flexibility index (Phi) is 29.0. The molecule has 0 radical (unpaired) electrons. The molecule has 0 atom stereocenters. The lowest BCUT2D eigenvalue weighted by molar-refractivity contribution is -0.193. The number of ether oxygens (including phenoxy) is 4. The van der Waals surface area contributed by atoms with E-state index in [1.807, 2.05) is 19.0 Å². The van der Waals surface area contributed by atoms with Crippen molar-refractivity contribution < 1.29 is 47.8 Å². The van der Waals surface area contributed by atoms with Crippen LogP contribution in [0, 0.1) is 0 Å². The number of hydrogen-bond acceptors (Lipinski definition) is 11. The molecule has 1 N–H and O–H groups in total. The zero-order chi connectivity index (χ0) is 29.6. The van der Waals surface area contributed by atoms with Gasteiger partial charge in [0.25, 0.3) is 5.91 Å². The van der Waals surface area contributed by atoms with E-state index in [1.54, 1.807) is 12.2 Å². The Morgan fingerprint density at radius 3 is 1.82 bits per heavy atom. The molecule has 0 spiro atoms. The van der Waals surface area contributed by atoms with Gasteiger partial charge in [-0.25, -0.2) is 4.79 Å². The maximum atomic E-state index is 11.6. The van der Waals surface area contributed by atoms with Gasteiger partial charge in [0.05, 0.1) is 59.3 Å². The standard InChI is InChI=1S/C21H39N3O9.C5H6O/c1-23(2)9-6-19(26)22-8-12-30-14-16-32-18-17-31-15-13-29-11-7-21(28)33-24(3)20(27)5-4-10-25;1-2-3-4-5-6/h10H,4-9,11-18H2,1-3H3,(H,22,26);2-5H,1H2/b;4-3-. The largest absolute Gasteiger partial charge is 0.378 e. The summed E-state index contributed by atoms with van der Waals surface area (Å²) in [6, 6.07) is 0. The highest BCUT2D eigenvalue weighted by molar-refractivity contribution is 5.79. The molecule has 2 amide bonds. The smallest absolute Gasteiger partial charge is 0.334 e. The maximum Gasteiger partial charge on any atom is 0.334 e. The zero-order valence-corrected chi connectivity index (χ0v) is 23.5. The molecule has 39 heavy (non-hydrogen) atoms. The molecule has 13 heteroatoms. The lowest BCUT2D eigenvalue weighted by Gasteiger charge is -2.15. The molecule has 0 aromatic rings. The van der Waals surface area contributed by atoms with Gasteiger partial charge in [-0.15, -0.1) is 0 Å². The highest BCUT2D eigenvalue weighted by Gasteiger charge is 2.13. The third kappa shape index (κ3) is 31.1. The predicted molar refractivity (Wildman–Crippen MR) is 144 cm³/mol. The molecule has 0 rings (SSSR count). The highest BCUT2D eigenvalue weighted by atomic mass is 16.7. The molecule has 0 aliphatic heterocycles. The van der Waals surface area contributed by atoms with Crippen LogP contribution in [0.5, 0.6) is 0 Å². The summed E-state index contributed by atoms with van der Waals surface area (Å²) >= 11 is 0. The number of hydroxylamine groups is 2. The number of aldehydes is 2. The molecule has 13 nitrogen and oxygen atoms in total. The first kappa shape index (κ1) is 38.2. The minimum atomic E-state index is -0.597. The van der Waals surface area contributed by atoms with Gasteiger partial charge in [0.2, 0.25) is 5.91 Å². The van der Waals surface area contributed by atoms with Crippen molar-refractivity contribution >= 4 is 30.4 Å². The van der Waals surface area contributed by atoms with Gasteiger partial charge in [-0.2, -0.15) is 5.06 Å². The minimum absolute atomic E-state index is 0.00495. The van der Waals surface area contributed by atoms with E-state index in [2.05, 4.69) is 11.9 Å². The molecule has 0 saturated carbocycles. The van der Waals surface area contributed by atoms with Gasteiger partial charge < -0.3 is 38.8 Å². The fourth-order valence-corrected chi connectivity index (χ4v) is 2.31. The number of hydrogen-bond donors (Lipinski definition) is 1. The average Bonchev–Trinajstić information content (AvgIpc) is 2.91. The molecule has 0 aliphatic rings. The van der Waals surface area contributed by atoms with Crippen molar-refractivity contribution in [3.8, 4) is 0 Å². The Balaban J connectivity index is 0. The molecule has 0 aliphatic carbocycles. The maximum absolute atomic E-state index is 11.6. The molecule has 0 bridgehead atoms. The quantitative estimate of drug-likeness (QED) is 0.0607. The van der Waals surface area contributed by atoms with E-state index >= 15 is 0 Å². The molecular weight excluding hydrogens is 514 g/mol. The number of nitrogens with one attached hydrogen (secondary N) is 1. The SMILES string of the molecule is C=C/C=C\C=O.CN(C)CCC(=O)NCCOCCOCCOCCOCCC(=O)ON(C)C(=O)CCC=O. The number of nitrogens with zero attached hydrogens (tertiary/aromatic N) is 2. The second-order valence-electron chi connectivity index (χ2n) is 7.92. The fourth-order valence-electron chi connectivity index (χ4n) is 2.31. The monoisotopic (exact) mass is 559 g/mol. The first-order valence-corrected chi connectivity index (χ1v) is 12.6. The Morgan fingerprint density at radius 1 is 0.769 bits per heavy atom. The van der Waals surface area contributed by atoms with Crippen LogP contribution in [-0.4, -0.2) is 127 Å². The summed E-state index contributed by atoms with van der Waals surface area (Å²) < 4.78 is 21.4. The van der Waals surface area contributed by atoms with Gasteiger partial charge in [-0.3, -0.25) is 14.4 Å². The first-order valence-electron chi connectivity index (χ1n) is 12.6. The molecular formula is C26H45N3O10. The summed E-state index contributed by atoms with van der Waals surface area (Å²) in [6.07, 6.45) is 6.39.